The lowest BCUT2D eigenvalue weighted by molar-refractivity contribution is -0.119. The summed E-state index contributed by atoms with van der Waals surface area (Å²) in [6.45, 7) is 8.40. The molecule has 0 aliphatic rings. The zero-order valence-corrected chi connectivity index (χ0v) is 19.9. The highest BCUT2D eigenvalue weighted by Crippen LogP contribution is 2.38. The topological polar surface area (TPSA) is 54.7 Å². The highest BCUT2D eigenvalue weighted by Gasteiger charge is 2.17. The van der Waals surface area contributed by atoms with E-state index in [9.17, 15) is 4.79 Å². The van der Waals surface area contributed by atoms with Gasteiger partial charge in [0, 0.05) is 36.5 Å². The minimum Gasteiger partial charge on any atom is -0.455 e. The lowest BCUT2D eigenvalue weighted by Gasteiger charge is -2.27. The molecule has 5 nitrogen and oxygen atoms in total. The number of ether oxygens (including phenoxy) is 1. The van der Waals surface area contributed by atoms with Gasteiger partial charge in [-0.3, -0.25) is 4.79 Å². The van der Waals surface area contributed by atoms with E-state index < -0.39 is 0 Å². The second-order valence-electron chi connectivity index (χ2n) is 8.76. The largest absolute Gasteiger partial charge is 0.455 e. The Hall–Kier alpha value is -3.31. The SMILES string of the molecule is CCN(CCC(C)C)c1ccc(-c2cccc3c2oc2ccccc23)cc1NC(=O)COC. The van der Waals surface area contributed by atoms with E-state index in [2.05, 4.69) is 67.4 Å². The Balaban J connectivity index is 1.80. The van der Waals surface area contributed by atoms with Gasteiger partial charge in [-0.2, -0.15) is 0 Å². The van der Waals surface area contributed by atoms with Crippen LogP contribution < -0.4 is 10.2 Å². The summed E-state index contributed by atoms with van der Waals surface area (Å²) in [4.78, 5) is 14.8. The molecule has 0 spiro atoms. The van der Waals surface area contributed by atoms with Gasteiger partial charge in [0.25, 0.3) is 0 Å². The number of fused-ring (bicyclic) bond motifs is 3. The van der Waals surface area contributed by atoms with E-state index in [-0.39, 0.29) is 12.5 Å². The number of para-hydroxylation sites is 2. The molecule has 0 unspecified atom stereocenters. The van der Waals surface area contributed by atoms with Crippen LogP contribution in [0.15, 0.2) is 65.1 Å². The number of rotatable bonds is 9. The fourth-order valence-electron chi connectivity index (χ4n) is 4.23. The van der Waals surface area contributed by atoms with Crippen molar-refractivity contribution in [2.24, 2.45) is 5.92 Å². The third-order valence-corrected chi connectivity index (χ3v) is 5.96. The second kappa shape index (κ2) is 10.1. The van der Waals surface area contributed by atoms with Crippen molar-refractivity contribution in [3.05, 3.63) is 60.7 Å². The predicted molar refractivity (Wildman–Crippen MR) is 137 cm³/mol. The van der Waals surface area contributed by atoms with Crippen LogP contribution in [0.25, 0.3) is 33.1 Å². The van der Waals surface area contributed by atoms with Gasteiger partial charge in [-0.1, -0.05) is 56.3 Å². The Morgan fingerprint density at radius 1 is 1.06 bits per heavy atom. The van der Waals surface area contributed by atoms with E-state index in [4.69, 9.17) is 9.15 Å². The van der Waals surface area contributed by atoms with Crippen molar-refractivity contribution in [3.63, 3.8) is 0 Å². The van der Waals surface area contributed by atoms with Crippen LogP contribution in [0.1, 0.15) is 27.2 Å². The summed E-state index contributed by atoms with van der Waals surface area (Å²) in [5.41, 5.74) is 5.53. The smallest absolute Gasteiger partial charge is 0.250 e. The summed E-state index contributed by atoms with van der Waals surface area (Å²) in [5.74, 6) is 0.438. The van der Waals surface area contributed by atoms with Crippen molar-refractivity contribution in [2.45, 2.75) is 27.2 Å². The molecule has 5 heteroatoms. The number of amides is 1. The molecule has 0 radical (unpaired) electrons. The van der Waals surface area contributed by atoms with Gasteiger partial charge in [-0.05, 0) is 43.0 Å². The fourth-order valence-corrected chi connectivity index (χ4v) is 4.23. The zero-order valence-electron chi connectivity index (χ0n) is 19.9. The summed E-state index contributed by atoms with van der Waals surface area (Å²) in [6, 6.07) is 20.6. The first-order chi connectivity index (χ1) is 16.0. The van der Waals surface area contributed by atoms with Crippen molar-refractivity contribution >= 4 is 39.2 Å². The van der Waals surface area contributed by atoms with Gasteiger partial charge >= 0.3 is 0 Å². The van der Waals surface area contributed by atoms with E-state index in [0.717, 1.165) is 64.0 Å². The normalized spacial score (nSPS) is 11.4. The van der Waals surface area contributed by atoms with E-state index in [0.29, 0.717) is 5.92 Å². The minimum atomic E-state index is -0.169. The molecule has 1 amide bonds. The number of carbonyl (C=O) groups excluding carboxylic acids is 1. The van der Waals surface area contributed by atoms with Crippen molar-refractivity contribution in [3.8, 4) is 11.1 Å². The zero-order chi connectivity index (χ0) is 23.4. The van der Waals surface area contributed by atoms with Crippen LogP contribution in [0, 0.1) is 5.92 Å². The maximum atomic E-state index is 12.4. The molecule has 0 bridgehead atoms. The number of nitrogens with zero attached hydrogens (tertiary/aromatic N) is 1. The molecule has 33 heavy (non-hydrogen) atoms. The van der Waals surface area contributed by atoms with Crippen LogP contribution in [0.3, 0.4) is 0 Å². The molecule has 1 aromatic heterocycles. The van der Waals surface area contributed by atoms with Crippen molar-refractivity contribution in [1.29, 1.82) is 0 Å². The molecule has 0 fully saturated rings. The van der Waals surface area contributed by atoms with Crippen LogP contribution in [0.4, 0.5) is 11.4 Å². The summed E-state index contributed by atoms with van der Waals surface area (Å²) in [6.07, 6.45) is 1.08. The highest BCUT2D eigenvalue weighted by atomic mass is 16.5. The molecule has 172 valence electrons. The molecule has 0 atom stereocenters. The third kappa shape index (κ3) is 4.88. The Morgan fingerprint density at radius 3 is 2.61 bits per heavy atom. The van der Waals surface area contributed by atoms with Gasteiger partial charge in [0.2, 0.25) is 5.91 Å². The first kappa shape index (κ1) is 22.9. The summed E-state index contributed by atoms with van der Waals surface area (Å²) in [5, 5.41) is 5.25. The average Bonchev–Trinajstić information content (AvgIpc) is 3.19. The van der Waals surface area contributed by atoms with E-state index in [1.54, 1.807) is 0 Å². The standard InChI is InChI=1S/C28H32N2O3/c1-5-30(16-15-19(2)3)25-14-13-20(17-24(25)29-27(31)18-32-4)21-10-8-11-23-22-9-6-7-12-26(22)33-28(21)23/h6-14,17,19H,5,15-16,18H2,1-4H3,(H,29,31). The molecular weight excluding hydrogens is 412 g/mol. The van der Waals surface area contributed by atoms with Gasteiger partial charge in [-0.25, -0.2) is 0 Å². The predicted octanol–water partition coefficient (Wildman–Crippen LogP) is 6.71. The van der Waals surface area contributed by atoms with Crippen LogP contribution in [-0.4, -0.2) is 32.7 Å². The Morgan fingerprint density at radius 2 is 1.85 bits per heavy atom. The molecule has 4 rings (SSSR count). The first-order valence-corrected chi connectivity index (χ1v) is 11.6. The molecule has 0 saturated carbocycles. The number of nitrogens with one attached hydrogen (secondary N) is 1. The van der Waals surface area contributed by atoms with E-state index in [1.807, 2.05) is 24.3 Å². The Kier molecular flexibility index (Phi) is 6.99. The van der Waals surface area contributed by atoms with Crippen LogP contribution in [0.5, 0.6) is 0 Å². The lowest BCUT2D eigenvalue weighted by atomic mass is 10.0. The molecule has 1 heterocycles. The number of benzene rings is 3. The van der Waals surface area contributed by atoms with Gasteiger partial charge < -0.3 is 19.4 Å². The quantitative estimate of drug-likeness (QED) is 0.312. The molecular formula is C28H32N2O3. The maximum Gasteiger partial charge on any atom is 0.250 e. The molecule has 0 aliphatic carbocycles. The molecule has 0 aliphatic heterocycles. The van der Waals surface area contributed by atoms with Gasteiger partial charge in [-0.15, -0.1) is 0 Å². The molecule has 3 aromatic carbocycles. The van der Waals surface area contributed by atoms with Crippen molar-refractivity contribution in [1.82, 2.24) is 0 Å². The number of methoxy groups -OCH3 is 1. The van der Waals surface area contributed by atoms with Gasteiger partial charge in [0.05, 0.1) is 11.4 Å². The van der Waals surface area contributed by atoms with Gasteiger partial charge in [0.15, 0.2) is 0 Å². The first-order valence-electron chi connectivity index (χ1n) is 11.6. The lowest BCUT2D eigenvalue weighted by Crippen LogP contribution is -2.27. The molecule has 1 N–H and O–H groups in total. The van der Waals surface area contributed by atoms with Crippen LogP contribution in [0.2, 0.25) is 0 Å². The Bertz CT molecular complexity index is 1260. The van der Waals surface area contributed by atoms with Crippen LogP contribution in [-0.2, 0) is 9.53 Å². The summed E-state index contributed by atoms with van der Waals surface area (Å²) < 4.78 is 11.3. The third-order valence-electron chi connectivity index (χ3n) is 5.96. The van der Waals surface area contributed by atoms with Crippen molar-refractivity contribution in [2.75, 3.05) is 37.0 Å². The van der Waals surface area contributed by atoms with Crippen LogP contribution >= 0.6 is 0 Å². The summed E-state index contributed by atoms with van der Waals surface area (Å²) in [7, 11) is 1.53. The monoisotopic (exact) mass is 444 g/mol. The Labute approximate surface area is 195 Å². The summed E-state index contributed by atoms with van der Waals surface area (Å²) >= 11 is 0. The highest BCUT2D eigenvalue weighted by molar-refractivity contribution is 6.10. The number of furan rings is 1. The molecule has 0 saturated heterocycles. The molecule has 4 aromatic rings. The van der Waals surface area contributed by atoms with Crippen molar-refractivity contribution < 1.29 is 13.9 Å². The van der Waals surface area contributed by atoms with Gasteiger partial charge in [0.1, 0.15) is 17.8 Å². The van der Waals surface area contributed by atoms with E-state index in [1.165, 1.54) is 7.11 Å². The van der Waals surface area contributed by atoms with E-state index >= 15 is 0 Å². The average molecular weight is 445 g/mol. The fraction of sp³-hybridized carbons (Fsp3) is 0.321. The number of carbonyl (C=O) groups is 1. The second-order valence-corrected chi connectivity index (χ2v) is 8.76. The maximum absolute atomic E-state index is 12.4. The number of anilines is 2. The number of hydrogen-bond donors (Lipinski definition) is 1. The minimum absolute atomic E-state index is 0.0148. The number of hydrogen-bond acceptors (Lipinski definition) is 4.